The predicted molar refractivity (Wildman–Crippen MR) is 67.6 cm³/mol. The Bertz CT molecular complexity index is 284. The third-order valence-electron chi connectivity index (χ3n) is 2.51. The van der Waals surface area contributed by atoms with E-state index >= 15 is 0 Å². The molecule has 0 atom stereocenters. The highest BCUT2D eigenvalue weighted by atomic mass is 16.5. The van der Waals surface area contributed by atoms with Gasteiger partial charge in [-0.25, -0.2) is 0 Å². The number of rotatable bonds is 7. The zero-order valence-corrected chi connectivity index (χ0v) is 10.3. The van der Waals surface area contributed by atoms with E-state index in [0.717, 1.165) is 31.0 Å². The van der Waals surface area contributed by atoms with Crippen molar-refractivity contribution in [3.8, 4) is 5.75 Å². The first-order valence-electron chi connectivity index (χ1n) is 5.86. The smallest absolute Gasteiger partial charge is 0.119 e. The van der Waals surface area contributed by atoms with E-state index in [0.29, 0.717) is 6.54 Å². The van der Waals surface area contributed by atoms with Gasteiger partial charge in [-0.3, -0.25) is 0 Å². The summed E-state index contributed by atoms with van der Waals surface area (Å²) in [6.07, 6.45) is 1.18. The molecule has 0 unspecified atom stereocenters. The summed E-state index contributed by atoms with van der Waals surface area (Å²) in [5.74, 6) is 0.919. The molecule has 0 spiro atoms. The molecule has 1 aromatic rings. The van der Waals surface area contributed by atoms with Crippen LogP contribution in [0.2, 0.25) is 0 Å². The molecule has 90 valence electrons. The Morgan fingerprint density at radius 3 is 2.44 bits per heavy atom. The maximum absolute atomic E-state index is 5.64. The van der Waals surface area contributed by atoms with Crippen molar-refractivity contribution >= 4 is 0 Å². The van der Waals surface area contributed by atoms with Gasteiger partial charge in [-0.1, -0.05) is 19.1 Å². The lowest BCUT2D eigenvalue weighted by Crippen LogP contribution is -2.24. The maximum Gasteiger partial charge on any atom is 0.119 e. The molecule has 3 heteroatoms. The van der Waals surface area contributed by atoms with E-state index < -0.39 is 0 Å². The normalized spacial score (nSPS) is 10.8. The SMILES string of the molecule is CCCN(C)CCOc1ccc(CN)cc1. The molecule has 0 aliphatic heterocycles. The van der Waals surface area contributed by atoms with E-state index in [1.165, 1.54) is 6.42 Å². The van der Waals surface area contributed by atoms with Gasteiger partial charge in [-0.15, -0.1) is 0 Å². The molecule has 16 heavy (non-hydrogen) atoms. The fourth-order valence-corrected chi connectivity index (χ4v) is 1.53. The molecule has 0 aromatic heterocycles. The Kier molecular flexibility index (Phi) is 5.90. The van der Waals surface area contributed by atoms with Crippen molar-refractivity contribution in [1.29, 1.82) is 0 Å². The molecule has 0 radical (unpaired) electrons. The van der Waals surface area contributed by atoms with Gasteiger partial charge < -0.3 is 15.4 Å². The van der Waals surface area contributed by atoms with Gasteiger partial charge in [0, 0.05) is 13.1 Å². The van der Waals surface area contributed by atoms with Crippen LogP contribution in [-0.2, 0) is 6.54 Å². The number of hydrogen-bond donors (Lipinski definition) is 1. The van der Waals surface area contributed by atoms with Gasteiger partial charge in [-0.2, -0.15) is 0 Å². The largest absolute Gasteiger partial charge is 0.492 e. The van der Waals surface area contributed by atoms with Crippen LogP contribution in [0.25, 0.3) is 0 Å². The Morgan fingerprint density at radius 1 is 1.19 bits per heavy atom. The average molecular weight is 222 g/mol. The maximum atomic E-state index is 5.64. The summed E-state index contributed by atoms with van der Waals surface area (Å²) in [4.78, 5) is 2.27. The lowest BCUT2D eigenvalue weighted by molar-refractivity contribution is 0.237. The van der Waals surface area contributed by atoms with Gasteiger partial charge in [0.15, 0.2) is 0 Å². The average Bonchev–Trinajstić information content (AvgIpc) is 2.30. The molecule has 1 aromatic carbocycles. The molecular weight excluding hydrogens is 200 g/mol. The number of nitrogens with zero attached hydrogens (tertiary/aromatic N) is 1. The van der Waals surface area contributed by atoms with Gasteiger partial charge >= 0.3 is 0 Å². The molecule has 0 aliphatic carbocycles. The van der Waals surface area contributed by atoms with Gasteiger partial charge in [0.25, 0.3) is 0 Å². The van der Waals surface area contributed by atoms with Crippen molar-refractivity contribution in [3.63, 3.8) is 0 Å². The van der Waals surface area contributed by atoms with Crippen molar-refractivity contribution in [3.05, 3.63) is 29.8 Å². The highest BCUT2D eigenvalue weighted by Crippen LogP contribution is 2.11. The van der Waals surface area contributed by atoms with Gasteiger partial charge in [-0.05, 0) is 37.7 Å². The number of likely N-dealkylation sites (N-methyl/N-ethyl adjacent to an activating group) is 1. The van der Waals surface area contributed by atoms with E-state index in [9.17, 15) is 0 Å². The Morgan fingerprint density at radius 2 is 1.88 bits per heavy atom. The Hall–Kier alpha value is -1.06. The van der Waals surface area contributed by atoms with Crippen LogP contribution >= 0.6 is 0 Å². The summed E-state index contributed by atoms with van der Waals surface area (Å²) in [6, 6.07) is 7.96. The first-order valence-corrected chi connectivity index (χ1v) is 5.86. The van der Waals surface area contributed by atoms with E-state index in [1.54, 1.807) is 0 Å². The van der Waals surface area contributed by atoms with Crippen LogP contribution in [0.4, 0.5) is 0 Å². The monoisotopic (exact) mass is 222 g/mol. The fourth-order valence-electron chi connectivity index (χ4n) is 1.53. The third kappa shape index (κ3) is 4.64. The Balaban J connectivity index is 2.26. The van der Waals surface area contributed by atoms with Crippen LogP contribution in [0.15, 0.2) is 24.3 Å². The number of hydrogen-bond acceptors (Lipinski definition) is 3. The lowest BCUT2D eigenvalue weighted by Gasteiger charge is -2.15. The van der Waals surface area contributed by atoms with Gasteiger partial charge in [0.1, 0.15) is 12.4 Å². The first-order chi connectivity index (χ1) is 7.76. The summed E-state index contributed by atoms with van der Waals surface area (Å²) in [5, 5.41) is 0. The van der Waals surface area contributed by atoms with Crippen molar-refractivity contribution in [2.75, 3.05) is 26.7 Å². The van der Waals surface area contributed by atoms with Gasteiger partial charge in [0.2, 0.25) is 0 Å². The number of nitrogens with two attached hydrogens (primary N) is 1. The summed E-state index contributed by atoms with van der Waals surface area (Å²) in [7, 11) is 2.12. The minimum atomic E-state index is 0.583. The molecule has 0 heterocycles. The third-order valence-corrected chi connectivity index (χ3v) is 2.51. The van der Waals surface area contributed by atoms with Crippen LogP contribution in [0, 0.1) is 0 Å². The number of ether oxygens (including phenoxy) is 1. The molecule has 3 nitrogen and oxygen atoms in total. The molecule has 1 rings (SSSR count). The highest BCUT2D eigenvalue weighted by Gasteiger charge is 1.97. The lowest BCUT2D eigenvalue weighted by atomic mass is 10.2. The predicted octanol–water partition coefficient (Wildman–Crippen LogP) is 1.87. The highest BCUT2D eigenvalue weighted by molar-refractivity contribution is 5.26. The molecule has 2 N–H and O–H groups in total. The summed E-state index contributed by atoms with van der Waals surface area (Å²) < 4.78 is 5.64. The quantitative estimate of drug-likeness (QED) is 0.765. The molecule has 0 bridgehead atoms. The molecule has 0 saturated carbocycles. The second-order valence-electron chi connectivity index (χ2n) is 4.00. The topological polar surface area (TPSA) is 38.5 Å². The van der Waals surface area contributed by atoms with Crippen LogP contribution < -0.4 is 10.5 Å². The zero-order valence-electron chi connectivity index (χ0n) is 10.3. The molecule has 0 amide bonds. The standard InChI is InChI=1S/C13H22N2O/c1-3-8-15(2)9-10-16-13-6-4-12(11-14)5-7-13/h4-7H,3,8-11,14H2,1-2H3. The van der Waals surface area contributed by atoms with Crippen LogP contribution in [-0.4, -0.2) is 31.6 Å². The molecule has 0 saturated heterocycles. The summed E-state index contributed by atoms with van der Waals surface area (Å²) >= 11 is 0. The zero-order chi connectivity index (χ0) is 11.8. The van der Waals surface area contributed by atoms with Crippen molar-refractivity contribution in [2.45, 2.75) is 19.9 Å². The first kappa shape index (κ1) is 13.0. The minimum absolute atomic E-state index is 0.583. The molecular formula is C13H22N2O. The van der Waals surface area contributed by atoms with Crippen LogP contribution in [0.3, 0.4) is 0 Å². The second-order valence-corrected chi connectivity index (χ2v) is 4.00. The van der Waals surface area contributed by atoms with Gasteiger partial charge in [0.05, 0.1) is 0 Å². The fraction of sp³-hybridized carbons (Fsp3) is 0.538. The second kappa shape index (κ2) is 7.25. The minimum Gasteiger partial charge on any atom is -0.492 e. The Labute approximate surface area is 98.2 Å². The summed E-state index contributed by atoms with van der Waals surface area (Å²) in [5.41, 5.74) is 6.66. The molecule has 0 fully saturated rings. The van der Waals surface area contributed by atoms with E-state index in [4.69, 9.17) is 10.5 Å². The van der Waals surface area contributed by atoms with Crippen molar-refractivity contribution in [2.24, 2.45) is 5.73 Å². The van der Waals surface area contributed by atoms with E-state index in [-0.39, 0.29) is 0 Å². The van der Waals surface area contributed by atoms with Crippen molar-refractivity contribution < 1.29 is 4.74 Å². The van der Waals surface area contributed by atoms with E-state index in [2.05, 4.69) is 18.9 Å². The van der Waals surface area contributed by atoms with E-state index in [1.807, 2.05) is 24.3 Å². The summed E-state index contributed by atoms with van der Waals surface area (Å²) in [6.45, 7) is 5.59. The van der Waals surface area contributed by atoms with Crippen molar-refractivity contribution in [1.82, 2.24) is 4.90 Å². The molecule has 0 aliphatic rings. The van der Waals surface area contributed by atoms with Crippen LogP contribution in [0.1, 0.15) is 18.9 Å². The van der Waals surface area contributed by atoms with Crippen LogP contribution in [0.5, 0.6) is 5.75 Å². The number of benzene rings is 1.